The van der Waals surface area contributed by atoms with Crippen molar-refractivity contribution >= 4 is 5.84 Å². The van der Waals surface area contributed by atoms with E-state index in [1.54, 1.807) is 0 Å². The van der Waals surface area contributed by atoms with Crippen LogP contribution in [0.15, 0.2) is 0 Å². The fourth-order valence-corrected chi connectivity index (χ4v) is 1.66. The van der Waals surface area contributed by atoms with Crippen LogP contribution in [-0.4, -0.2) is 12.4 Å². The molecule has 1 aliphatic heterocycles. The van der Waals surface area contributed by atoms with Crippen LogP contribution < -0.4 is 5.32 Å². The van der Waals surface area contributed by atoms with Gasteiger partial charge in [0.1, 0.15) is 0 Å². The van der Waals surface area contributed by atoms with Gasteiger partial charge in [-0.15, -0.1) is 0 Å². The number of nitrogens with one attached hydrogen (secondary N) is 2. The molecule has 1 fully saturated rings. The summed E-state index contributed by atoms with van der Waals surface area (Å²) in [6.07, 6.45) is 6.14. The van der Waals surface area contributed by atoms with E-state index >= 15 is 0 Å². The largest absolute Gasteiger partial charge is 0.374 e. The Morgan fingerprint density at radius 3 is 3.09 bits per heavy atom. The van der Waals surface area contributed by atoms with Crippen LogP contribution in [0.1, 0.15) is 39.0 Å². The van der Waals surface area contributed by atoms with Crippen LogP contribution >= 0.6 is 0 Å². The van der Waals surface area contributed by atoms with Crippen LogP contribution in [0.3, 0.4) is 0 Å². The Hall–Kier alpha value is -0.530. The molecular formula is C9H18N2. The first-order chi connectivity index (χ1) is 5.34. The van der Waals surface area contributed by atoms with Crippen molar-refractivity contribution < 1.29 is 0 Å². The quantitative estimate of drug-likeness (QED) is 0.628. The third-order valence-corrected chi connectivity index (χ3v) is 2.34. The van der Waals surface area contributed by atoms with Gasteiger partial charge < -0.3 is 5.32 Å². The molecule has 1 atom stereocenters. The van der Waals surface area contributed by atoms with E-state index < -0.39 is 0 Å². The summed E-state index contributed by atoms with van der Waals surface area (Å²) in [5, 5.41) is 10.8. The van der Waals surface area contributed by atoms with Gasteiger partial charge in [0.2, 0.25) is 0 Å². The summed E-state index contributed by atoms with van der Waals surface area (Å²) >= 11 is 0. The first-order valence-corrected chi connectivity index (χ1v) is 4.67. The molecule has 0 spiro atoms. The highest BCUT2D eigenvalue weighted by molar-refractivity contribution is 5.81. The molecule has 0 aromatic heterocycles. The summed E-state index contributed by atoms with van der Waals surface area (Å²) in [6, 6.07) is 0. The van der Waals surface area contributed by atoms with Crippen molar-refractivity contribution in [1.82, 2.24) is 5.32 Å². The summed E-state index contributed by atoms with van der Waals surface area (Å²) in [4.78, 5) is 0. The molecule has 1 saturated heterocycles. The summed E-state index contributed by atoms with van der Waals surface area (Å²) in [6.45, 7) is 3.21. The van der Waals surface area contributed by atoms with E-state index in [-0.39, 0.29) is 0 Å². The minimum absolute atomic E-state index is 0.530. The first-order valence-electron chi connectivity index (χ1n) is 4.67. The van der Waals surface area contributed by atoms with Crippen LogP contribution in [0.2, 0.25) is 0 Å². The topological polar surface area (TPSA) is 35.9 Å². The predicted molar refractivity (Wildman–Crippen MR) is 48.0 cm³/mol. The molecule has 0 bridgehead atoms. The molecule has 0 amide bonds. The van der Waals surface area contributed by atoms with Gasteiger partial charge in [0, 0.05) is 12.5 Å². The summed E-state index contributed by atoms with van der Waals surface area (Å²) in [5.74, 6) is 1.31. The summed E-state index contributed by atoms with van der Waals surface area (Å²) in [7, 11) is 0. The molecule has 0 radical (unpaired) electrons. The van der Waals surface area contributed by atoms with E-state index in [4.69, 9.17) is 5.41 Å². The molecule has 2 N–H and O–H groups in total. The van der Waals surface area contributed by atoms with Gasteiger partial charge in [0.05, 0.1) is 5.84 Å². The van der Waals surface area contributed by atoms with Gasteiger partial charge in [-0.1, -0.05) is 19.8 Å². The molecule has 2 nitrogen and oxygen atoms in total. The van der Waals surface area contributed by atoms with Crippen molar-refractivity contribution in [3.8, 4) is 0 Å². The Morgan fingerprint density at radius 1 is 1.55 bits per heavy atom. The van der Waals surface area contributed by atoms with Crippen molar-refractivity contribution in [3.05, 3.63) is 0 Å². The molecule has 1 rings (SSSR count). The minimum atomic E-state index is 0.530. The monoisotopic (exact) mass is 154 g/mol. The van der Waals surface area contributed by atoms with Crippen LogP contribution in [0.4, 0.5) is 0 Å². The third kappa shape index (κ3) is 2.52. The van der Waals surface area contributed by atoms with Gasteiger partial charge in [-0.3, -0.25) is 5.41 Å². The Kier molecular flexibility index (Phi) is 3.40. The predicted octanol–water partition coefficient (Wildman–Crippen LogP) is 2.15. The zero-order chi connectivity index (χ0) is 8.10. The zero-order valence-corrected chi connectivity index (χ0v) is 7.32. The van der Waals surface area contributed by atoms with Gasteiger partial charge in [0.25, 0.3) is 0 Å². The zero-order valence-electron chi connectivity index (χ0n) is 7.32. The van der Waals surface area contributed by atoms with Crippen molar-refractivity contribution in [1.29, 1.82) is 5.41 Å². The highest BCUT2D eigenvalue weighted by atomic mass is 14.9. The molecule has 0 aliphatic carbocycles. The maximum atomic E-state index is 7.68. The van der Waals surface area contributed by atoms with E-state index in [9.17, 15) is 0 Å². The third-order valence-electron chi connectivity index (χ3n) is 2.34. The summed E-state index contributed by atoms with van der Waals surface area (Å²) in [5.41, 5.74) is 0. The van der Waals surface area contributed by atoms with Gasteiger partial charge in [-0.25, -0.2) is 0 Å². The first kappa shape index (κ1) is 8.57. The van der Waals surface area contributed by atoms with Gasteiger partial charge >= 0.3 is 0 Å². The molecule has 2 heteroatoms. The lowest BCUT2D eigenvalue weighted by Gasteiger charge is -2.13. The number of amidine groups is 1. The van der Waals surface area contributed by atoms with Crippen LogP contribution in [0.25, 0.3) is 0 Å². The SMILES string of the molecule is CCCC1CCCCNC1=N. The average molecular weight is 154 g/mol. The average Bonchev–Trinajstić information content (AvgIpc) is 2.18. The fraction of sp³-hybridized carbons (Fsp3) is 0.889. The van der Waals surface area contributed by atoms with Crippen molar-refractivity contribution in [2.45, 2.75) is 39.0 Å². The molecule has 0 aromatic rings. The Bertz CT molecular complexity index is 132. The lowest BCUT2D eigenvalue weighted by atomic mass is 9.97. The van der Waals surface area contributed by atoms with Crippen molar-refractivity contribution in [3.63, 3.8) is 0 Å². The normalized spacial score (nSPS) is 25.9. The smallest absolute Gasteiger partial charge is 0.0963 e. The van der Waals surface area contributed by atoms with Gasteiger partial charge in [-0.05, 0) is 19.3 Å². The highest BCUT2D eigenvalue weighted by Gasteiger charge is 2.15. The standard InChI is InChI=1S/C9H18N2/c1-2-5-8-6-3-4-7-11-9(8)10/h8H,2-7H2,1H3,(H2,10,11). The van der Waals surface area contributed by atoms with E-state index in [2.05, 4.69) is 12.2 Å². The van der Waals surface area contributed by atoms with E-state index in [0.717, 1.165) is 12.4 Å². The van der Waals surface area contributed by atoms with Crippen LogP contribution in [-0.2, 0) is 0 Å². The second-order valence-electron chi connectivity index (χ2n) is 3.32. The molecule has 64 valence electrons. The maximum absolute atomic E-state index is 7.68. The Morgan fingerprint density at radius 2 is 2.36 bits per heavy atom. The summed E-state index contributed by atoms with van der Waals surface area (Å²) < 4.78 is 0. The molecule has 1 aliphatic rings. The second kappa shape index (κ2) is 4.37. The highest BCUT2D eigenvalue weighted by Crippen LogP contribution is 2.17. The van der Waals surface area contributed by atoms with Crippen molar-refractivity contribution in [2.75, 3.05) is 6.54 Å². The number of hydrogen-bond acceptors (Lipinski definition) is 1. The second-order valence-corrected chi connectivity index (χ2v) is 3.32. The lowest BCUT2D eigenvalue weighted by molar-refractivity contribution is 0.547. The molecule has 0 saturated carbocycles. The molecular weight excluding hydrogens is 136 g/mol. The lowest BCUT2D eigenvalue weighted by Crippen LogP contribution is -2.27. The van der Waals surface area contributed by atoms with Crippen LogP contribution in [0, 0.1) is 11.3 Å². The number of rotatable bonds is 2. The Labute approximate surface area is 68.9 Å². The Balaban J connectivity index is 2.39. The fourth-order valence-electron chi connectivity index (χ4n) is 1.66. The van der Waals surface area contributed by atoms with Crippen LogP contribution in [0.5, 0.6) is 0 Å². The maximum Gasteiger partial charge on any atom is 0.0963 e. The minimum Gasteiger partial charge on any atom is -0.374 e. The van der Waals surface area contributed by atoms with Gasteiger partial charge in [0.15, 0.2) is 0 Å². The number of hydrogen-bond donors (Lipinski definition) is 2. The molecule has 1 unspecified atom stereocenters. The van der Waals surface area contributed by atoms with Crippen molar-refractivity contribution in [2.24, 2.45) is 5.92 Å². The van der Waals surface area contributed by atoms with Gasteiger partial charge in [-0.2, -0.15) is 0 Å². The van der Waals surface area contributed by atoms with E-state index in [1.807, 2.05) is 0 Å². The van der Waals surface area contributed by atoms with E-state index in [1.165, 1.54) is 32.1 Å². The molecule has 1 heterocycles. The van der Waals surface area contributed by atoms with E-state index in [0.29, 0.717) is 5.92 Å². The molecule has 11 heavy (non-hydrogen) atoms. The molecule has 0 aromatic carbocycles.